The molecule has 1 saturated heterocycles. The van der Waals surface area contributed by atoms with Crippen LogP contribution in [-0.2, 0) is 11.3 Å². The zero-order chi connectivity index (χ0) is 20.3. The Labute approximate surface area is 174 Å². The molecule has 0 bridgehead atoms. The molecule has 29 heavy (non-hydrogen) atoms. The highest BCUT2D eigenvalue weighted by molar-refractivity contribution is 5.44. The van der Waals surface area contributed by atoms with E-state index in [9.17, 15) is 0 Å². The van der Waals surface area contributed by atoms with Crippen molar-refractivity contribution in [2.45, 2.75) is 58.1 Å². The number of fused-ring (bicyclic) bond motifs is 1. The third-order valence-corrected chi connectivity index (χ3v) is 6.21. The van der Waals surface area contributed by atoms with Gasteiger partial charge < -0.3 is 19.5 Å². The molecule has 0 radical (unpaired) electrons. The number of ether oxygens (including phenoxy) is 3. The van der Waals surface area contributed by atoms with Crippen LogP contribution in [0.4, 0.5) is 0 Å². The van der Waals surface area contributed by atoms with Crippen LogP contribution in [0.25, 0.3) is 0 Å². The van der Waals surface area contributed by atoms with Crippen molar-refractivity contribution in [1.29, 1.82) is 0 Å². The maximum atomic E-state index is 5.98. The monoisotopic (exact) mass is 395 g/mol. The smallest absolute Gasteiger partial charge is 0.231 e. The summed E-state index contributed by atoms with van der Waals surface area (Å²) in [6.07, 6.45) is 3.40. The Morgan fingerprint density at radius 3 is 2.66 bits per heavy atom. The molecule has 0 aliphatic carbocycles. The first-order valence-electron chi connectivity index (χ1n) is 10.8. The van der Waals surface area contributed by atoms with Crippen LogP contribution in [0.1, 0.15) is 55.7 Å². The molecular weight excluding hydrogens is 362 g/mol. The van der Waals surface area contributed by atoms with Gasteiger partial charge in [0.05, 0.1) is 5.60 Å². The van der Waals surface area contributed by atoms with E-state index >= 15 is 0 Å². The largest absolute Gasteiger partial charge is 0.454 e. The lowest BCUT2D eigenvalue weighted by atomic mass is 9.75. The van der Waals surface area contributed by atoms with Crippen molar-refractivity contribution in [3.05, 3.63) is 59.2 Å². The molecule has 2 aliphatic rings. The minimum absolute atomic E-state index is 0.0220. The summed E-state index contributed by atoms with van der Waals surface area (Å²) in [6, 6.07) is 15.3. The highest BCUT2D eigenvalue weighted by Crippen LogP contribution is 2.40. The summed E-state index contributed by atoms with van der Waals surface area (Å²) in [5.74, 6) is 2.92. The number of hydrogen-bond donors (Lipinski definition) is 1. The summed E-state index contributed by atoms with van der Waals surface area (Å²) in [7, 11) is 0. The summed E-state index contributed by atoms with van der Waals surface area (Å²) in [5, 5.41) is 3.64. The maximum Gasteiger partial charge on any atom is 0.231 e. The van der Waals surface area contributed by atoms with E-state index in [4.69, 9.17) is 14.2 Å². The lowest BCUT2D eigenvalue weighted by Gasteiger charge is -2.39. The Bertz CT molecular complexity index is 815. The highest BCUT2D eigenvalue weighted by atomic mass is 16.7. The third-order valence-electron chi connectivity index (χ3n) is 6.21. The first-order chi connectivity index (χ1) is 14.0. The number of nitrogens with one attached hydrogen (secondary N) is 1. The molecule has 2 heterocycles. The van der Waals surface area contributed by atoms with Crippen molar-refractivity contribution in [3.63, 3.8) is 0 Å². The van der Waals surface area contributed by atoms with E-state index in [0.717, 1.165) is 50.5 Å². The predicted molar refractivity (Wildman–Crippen MR) is 116 cm³/mol. The van der Waals surface area contributed by atoms with Crippen LogP contribution in [0.15, 0.2) is 42.5 Å². The van der Waals surface area contributed by atoms with Gasteiger partial charge in [0, 0.05) is 13.2 Å². The molecule has 2 aliphatic heterocycles. The highest BCUT2D eigenvalue weighted by Gasteiger charge is 2.33. The van der Waals surface area contributed by atoms with Crippen molar-refractivity contribution in [2.24, 2.45) is 5.92 Å². The zero-order valence-corrected chi connectivity index (χ0v) is 17.9. The van der Waals surface area contributed by atoms with E-state index in [0.29, 0.717) is 18.6 Å². The van der Waals surface area contributed by atoms with E-state index in [1.165, 1.54) is 16.7 Å². The van der Waals surface area contributed by atoms with Crippen molar-refractivity contribution >= 4 is 0 Å². The van der Waals surface area contributed by atoms with Crippen LogP contribution in [0.5, 0.6) is 11.5 Å². The van der Waals surface area contributed by atoms with Gasteiger partial charge in [-0.3, -0.25) is 0 Å². The Morgan fingerprint density at radius 2 is 1.86 bits per heavy atom. The van der Waals surface area contributed by atoms with Crippen molar-refractivity contribution in [2.75, 3.05) is 19.9 Å². The topological polar surface area (TPSA) is 39.7 Å². The summed E-state index contributed by atoms with van der Waals surface area (Å²) in [6.45, 7) is 9.63. The van der Waals surface area contributed by atoms with Gasteiger partial charge in [-0.05, 0) is 81.7 Å². The summed E-state index contributed by atoms with van der Waals surface area (Å²) < 4.78 is 16.9. The number of aryl methyl sites for hydroxylation is 1. The van der Waals surface area contributed by atoms with Gasteiger partial charge in [0.2, 0.25) is 6.79 Å². The third kappa shape index (κ3) is 5.12. The fraction of sp³-hybridized carbons (Fsp3) is 0.520. The molecule has 0 saturated carbocycles. The molecule has 0 amide bonds. The Balaban J connectivity index is 1.38. The van der Waals surface area contributed by atoms with Crippen LogP contribution in [-0.4, -0.2) is 25.5 Å². The van der Waals surface area contributed by atoms with Gasteiger partial charge in [0.25, 0.3) is 0 Å². The van der Waals surface area contributed by atoms with Crippen molar-refractivity contribution in [3.8, 4) is 11.5 Å². The normalized spacial score (nSPS) is 21.1. The number of rotatable bonds is 7. The SMILES string of the molecule is Cc1ccc([C@H](CCNCc2ccc3c(c2)OCO3)[C@@H]2CCOC(C)(C)C2)cc1. The molecule has 2 atom stereocenters. The van der Waals surface area contributed by atoms with E-state index in [1.54, 1.807) is 0 Å². The van der Waals surface area contributed by atoms with E-state index < -0.39 is 0 Å². The molecule has 2 aromatic carbocycles. The predicted octanol–water partition coefficient (Wildman–Crippen LogP) is 5.19. The van der Waals surface area contributed by atoms with E-state index in [2.05, 4.69) is 62.5 Å². The molecule has 0 unspecified atom stereocenters. The Hall–Kier alpha value is -2.04. The fourth-order valence-corrected chi connectivity index (χ4v) is 4.65. The first kappa shape index (κ1) is 20.2. The number of benzene rings is 2. The molecule has 2 aromatic rings. The van der Waals surface area contributed by atoms with Gasteiger partial charge in [0.15, 0.2) is 11.5 Å². The Morgan fingerprint density at radius 1 is 1.07 bits per heavy atom. The second-order valence-electron chi connectivity index (χ2n) is 9.03. The second-order valence-corrected chi connectivity index (χ2v) is 9.03. The van der Waals surface area contributed by atoms with Gasteiger partial charge in [-0.25, -0.2) is 0 Å². The quantitative estimate of drug-likeness (QED) is 0.655. The number of hydrogen-bond acceptors (Lipinski definition) is 4. The minimum Gasteiger partial charge on any atom is -0.454 e. The van der Waals surface area contributed by atoms with Gasteiger partial charge in [-0.15, -0.1) is 0 Å². The van der Waals surface area contributed by atoms with Gasteiger partial charge in [-0.2, -0.15) is 0 Å². The van der Waals surface area contributed by atoms with Crippen LogP contribution < -0.4 is 14.8 Å². The molecule has 156 valence electrons. The van der Waals surface area contributed by atoms with Gasteiger partial charge in [-0.1, -0.05) is 35.9 Å². The minimum atomic E-state index is -0.0220. The van der Waals surface area contributed by atoms with Crippen LogP contribution in [0.3, 0.4) is 0 Å². The van der Waals surface area contributed by atoms with Crippen molar-refractivity contribution in [1.82, 2.24) is 5.32 Å². The van der Waals surface area contributed by atoms with Crippen molar-refractivity contribution < 1.29 is 14.2 Å². The molecular formula is C25H33NO3. The van der Waals surface area contributed by atoms with Crippen LogP contribution in [0.2, 0.25) is 0 Å². The average molecular weight is 396 g/mol. The average Bonchev–Trinajstić information content (AvgIpc) is 3.16. The summed E-state index contributed by atoms with van der Waals surface area (Å²) in [5.41, 5.74) is 3.99. The Kier molecular flexibility index (Phi) is 6.12. The van der Waals surface area contributed by atoms with Crippen LogP contribution >= 0.6 is 0 Å². The molecule has 0 spiro atoms. The van der Waals surface area contributed by atoms with E-state index in [1.807, 2.05) is 6.07 Å². The lowest BCUT2D eigenvalue weighted by Crippen LogP contribution is -2.36. The van der Waals surface area contributed by atoms with E-state index in [-0.39, 0.29) is 5.60 Å². The zero-order valence-electron chi connectivity index (χ0n) is 17.9. The summed E-state index contributed by atoms with van der Waals surface area (Å²) in [4.78, 5) is 0. The van der Waals surface area contributed by atoms with Crippen LogP contribution in [0, 0.1) is 12.8 Å². The second kappa shape index (κ2) is 8.76. The van der Waals surface area contributed by atoms with Gasteiger partial charge >= 0.3 is 0 Å². The maximum absolute atomic E-state index is 5.98. The first-order valence-corrected chi connectivity index (χ1v) is 10.8. The summed E-state index contributed by atoms with van der Waals surface area (Å²) >= 11 is 0. The fourth-order valence-electron chi connectivity index (χ4n) is 4.65. The molecule has 1 fully saturated rings. The molecule has 1 N–H and O–H groups in total. The lowest BCUT2D eigenvalue weighted by molar-refractivity contribution is -0.0771. The van der Waals surface area contributed by atoms with Gasteiger partial charge in [0.1, 0.15) is 0 Å². The molecule has 4 rings (SSSR count). The molecule has 4 nitrogen and oxygen atoms in total. The molecule has 0 aromatic heterocycles. The molecule has 4 heteroatoms. The standard InChI is InChI=1S/C25H33NO3/c1-18-4-7-20(8-5-18)22(21-11-13-29-25(2,3)15-21)10-12-26-16-19-6-9-23-24(14-19)28-17-27-23/h4-9,14,21-22,26H,10-13,15-17H2,1-3H3/t21-,22+/m1/s1.